The van der Waals surface area contributed by atoms with Gasteiger partial charge in [0, 0.05) is 11.6 Å². The van der Waals surface area contributed by atoms with Gasteiger partial charge >= 0.3 is 0 Å². The zero-order chi connectivity index (χ0) is 15.0. The van der Waals surface area contributed by atoms with Crippen molar-refractivity contribution < 1.29 is 4.39 Å². The van der Waals surface area contributed by atoms with Crippen molar-refractivity contribution in [2.75, 3.05) is 5.73 Å². The maximum absolute atomic E-state index is 13.6. The molecule has 3 rings (SSSR count). The van der Waals surface area contributed by atoms with Crippen molar-refractivity contribution in [2.24, 2.45) is 0 Å². The van der Waals surface area contributed by atoms with Crippen molar-refractivity contribution in [3.63, 3.8) is 0 Å². The van der Waals surface area contributed by atoms with E-state index in [4.69, 9.17) is 28.9 Å². The Kier molecular flexibility index (Phi) is 3.48. The van der Waals surface area contributed by atoms with Crippen molar-refractivity contribution in [2.45, 2.75) is 0 Å². The molecule has 0 saturated carbocycles. The first-order chi connectivity index (χ1) is 10.1. The first kappa shape index (κ1) is 13.8. The third-order valence-corrected chi connectivity index (χ3v) is 3.55. The highest BCUT2D eigenvalue weighted by Crippen LogP contribution is 2.31. The van der Waals surface area contributed by atoms with Gasteiger partial charge in [0.05, 0.1) is 21.4 Å². The quantitative estimate of drug-likeness (QED) is 0.734. The normalized spacial score (nSPS) is 10.8. The van der Waals surface area contributed by atoms with E-state index < -0.39 is 5.82 Å². The van der Waals surface area contributed by atoms with Crippen molar-refractivity contribution in [1.29, 1.82) is 0 Å². The minimum absolute atomic E-state index is 0.0237. The molecule has 0 bridgehead atoms. The molecule has 5 nitrogen and oxygen atoms in total. The third kappa shape index (κ3) is 2.43. The number of benzene rings is 2. The summed E-state index contributed by atoms with van der Waals surface area (Å²) in [5, 5.41) is 11.8. The summed E-state index contributed by atoms with van der Waals surface area (Å²) in [5.74, 6) is -0.202. The van der Waals surface area contributed by atoms with E-state index in [1.165, 1.54) is 16.8 Å². The summed E-state index contributed by atoms with van der Waals surface area (Å²) >= 11 is 11.7. The number of hydrogen-bond acceptors (Lipinski definition) is 4. The molecule has 21 heavy (non-hydrogen) atoms. The molecule has 0 radical (unpaired) electrons. The molecule has 0 atom stereocenters. The van der Waals surface area contributed by atoms with Crippen LogP contribution in [0.5, 0.6) is 0 Å². The summed E-state index contributed by atoms with van der Waals surface area (Å²) in [6.07, 6.45) is 0. The van der Waals surface area contributed by atoms with Gasteiger partial charge in [0.2, 0.25) is 0 Å². The molecule has 2 aromatic carbocycles. The van der Waals surface area contributed by atoms with E-state index in [1.54, 1.807) is 24.3 Å². The molecule has 2 N–H and O–H groups in total. The Hall–Kier alpha value is -2.18. The Morgan fingerprint density at radius 2 is 1.90 bits per heavy atom. The van der Waals surface area contributed by atoms with Crippen molar-refractivity contribution >= 4 is 28.9 Å². The van der Waals surface area contributed by atoms with Gasteiger partial charge in [-0.15, -0.1) is 5.10 Å². The van der Waals surface area contributed by atoms with Gasteiger partial charge in [0.1, 0.15) is 5.82 Å². The molecular formula is C13H8Cl2FN5. The third-order valence-electron chi connectivity index (χ3n) is 2.91. The molecule has 0 fully saturated rings. The van der Waals surface area contributed by atoms with Crippen LogP contribution in [0, 0.1) is 5.82 Å². The first-order valence-corrected chi connectivity index (χ1v) is 6.61. The minimum Gasteiger partial charge on any atom is -0.397 e. The summed E-state index contributed by atoms with van der Waals surface area (Å²) in [4.78, 5) is 0. The fourth-order valence-electron chi connectivity index (χ4n) is 1.88. The molecule has 1 aromatic heterocycles. The molecule has 0 spiro atoms. The van der Waals surface area contributed by atoms with Crippen LogP contribution >= 0.6 is 23.2 Å². The SMILES string of the molecule is Nc1c(Cl)cccc1-c1nnnn1-c1ccc(Cl)c(F)c1. The number of hydrogen-bond donors (Lipinski definition) is 1. The topological polar surface area (TPSA) is 69.6 Å². The molecule has 0 unspecified atom stereocenters. The molecule has 106 valence electrons. The highest BCUT2D eigenvalue weighted by atomic mass is 35.5. The van der Waals surface area contributed by atoms with Crippen molar-refractivity contribution in [3.8, 4) is 17.1 Å². The van der Waals surface area contributed by atoms with Crippen LogP contribution in [-0.2, 0) is 0 Å². The maximum atomic E-state index is 13.6. The minimum atomic E-state index is -0.560. The standard InChI is InChI=1S/C13H8Cl2FN5/c14-9-5-4-7(6-11(9)16)21-13(18-19-20-21)8-2-1-3-10(15)12(8)17/h1-6H,17H2. The van der Waals surface area contributed by atoms with E-state index >= 15 is 0 Å². The van der Waals surface area contributed by atoms with Crippen molar-refractivity contribution in [1.82, 2.24) is 20.2 Å². The van der Waals surface area contributed by atoms with E-state index in [2.05, 4.69) is 15.5 Å². The molecule has 0 aliphatic rings. The smallest absolute Gasteiger partial charge is 0.189 e. The summed E-state index contributed by atoms with van der Waals surface area (Å²) in [6, 6.07) is 9.40. The van der Waals surface area contributed by atoms with Crippen LogP contribution in [0.2, 0.25) is 10.0 Å². The zero-order valence-electron chi connectivity index (χ0n) is 10.5. The number of nitrogen functional groups attached to an aromatic ring is 1. The van der Waals surface area contributed by atoms with Gasteiger partial charge in [-0.2, -0.15) is 4.68 Å². The molecule has 0 amide bonds. The molecule has 0 aliphatic heterocycles. The Bertz CT molecular complexity index is 818. The van der Waals surface area contributed by atoms with Gasteiger partial charge < -0.3 is 5.73 Å². The summed E-state index contributed by atoms with van der Waals surface area (Å²) in [7, 11) is 0. The second-order valence-electron chi connectivity index (χ2n) is 4.21. The lowest BCUT2D eigenvalue weighted by atomic mass is 10.1. The highest BCUT2D eigenvalue weighted by molar-refractivity contribution is 6.33. The average Bonchev–Trinajstić information content (AvgIpc) is 2.94. The highest BCUT2D eigenvalue weighted by Gasteiger charge is 2.15. The second kappa shape index (κ2) is 5.31. The van der Waals surface area contributed by atoms with E-state index in [-0.39, 0.29) is 5.02 Å². The van der Waals surface area contributed by atoms with E-state index in [0.717, 1.165) is 0 Å². The number of tetrazole rings is 1. The number of para-hydroxylation sites is 1. The van der Waals surface area contributed by atoms with Gasteiger partial charge in [-0.25, -0.2) is 4.39 Å². The molecule has 1 heterocycles. The fourth-order valence-corrected chi connectivity index (χ4v) is 2.17. The van der Waals surface area contributed by atoms with E-state index in [9.17, 15) is 4.39 Å². The molecule has 8 heteroatoms. The second-order valence-corrected chi connectivity index (χ2v) is 5.03. The van der Waals surface area contributed by atoms with Crippen LogP contribution in [-0.4, -0.2) is 20.2 Å². The number of nitrogens with two attached hydrogens (primary N) is 1. The maximum Gasteiger partial charge on any atom is 0.189 e. The summed E-state index contributed by atoms with van der Waals surface area (Å²) in [6.45, 7) is 0. The van der Waals surface area contributed by atoms with Crippen LogP contribution in [0.4, 0.5) is 10.1 Å². The largest absolute Gasteiger partial charge is 0.397 e. The number of aromatic nitrogens is 4. The van der Waals surface area contributed by atoms with E-state index in [1.807, 2.05) is 0 Å². The lowest BCUT2D eigenvalue weighted by Crippen LogP contribution is -2.02. The predicted molar refractivity (Wildman–Crippen MR) is 79.0 cm³/mol. The Labute approximate surface area is 129 Å². The monoisotopic (exact) mass is 323 g/mol. The van der Waals surface area contributed by atoms with Crippen LogP contribution in [0.25, 0.3) is 17.1 Å². The Morgan fingerprint density at radius 3 is 2.67 bits per heavy atom. The van der Waals surface area contributed by atoms with Crippen LogP contribution in [0.3, 0.4) is 0 Å². The number of halogens is 3. The van der Waals surface area contributed by atoms with E-state index in [0.29, 0.717) is 27.8 Å². The fraction of sp³-hybridized carbons (Fsp3) is 0. The zero-order valence-corrected chi connectivity index (χ0v) is 12.0. The lowest BCUT2D eigenvalue weighted by molar-refractivity contribution is 0.625. The Morgan fingerprint density at radius 1 is 1.10 bits per heavy atom. The first-order valence-electron chi connectivity index (χ1n) is 5.86. The number of nitrogens with zero attached hydrogens (tertiary/aromatic N) is 4. The number of rotatable bonds is 2. The van der Waals surface area contributed by atoms with Crippen LogP contribution in [0.1, 0.15) is 0 Å². The molecule has 0 aliphatic carbocycles. The number of anilines is 1. The van der Waals surface area contributed by atoms with Crippen molar-refractivity contribution in [3.05, 3.63) is 52.3 Å². The molecule has 0 saturated heterocycles. The lowest BCUT2D eigenvalue weighted by Gasteiger charge is -2.08. The average molecular weight is 324 g/mol. The van der Waals surface area contributed by atoms with Gasteiger partial charge in [-0.1, -0.05) is 29.3 Å². The summed E-state index contributed by atoms with van der Waals surface area (Å²) in [5.41, 5.74) is 7.28. The van der Waals surface area contributed by atoms with Crippen LogP contribution < -0.4 is 5.73 Å². The van der Waals surface area contributed by atoms with Gasteiger partial charge in [-0.05, 0) is 34.7 Å². The molecule has 3 aromatic rings. The summed E-state index contributed by atoms with van der Waals surface area (Å²) < 4.78 is 15.0. The molecular weight excluding hydrogens is 316 g/mol. The predicted octanol–water partition coefficient (Wildman–Crippen LogP) is 3.36. The van der Waals surface area contributed by atoms with Gasteiger partial charge in [0.15, 0.2) is 5.82 Å². The van der Waals surface area contributed by atoms with Gasteiger partial charge in [-0.3, -0.25) is 0 Å². The Balaban J connectivity index is 2.17. The van der Waals surface area contributed by atoms with Crippen LogP contribution in [0.15, 0.2) is 36.4 Å². The van der Waals surface area contributed by atoms with Gasteiger partial charge in [0.25, 0.3) is 0 Å².